The zero-order valence-corrected chi connectivity index (χ0v) is 18.4. The summed E-state index contributed by atoms with van der Waals surface area (Å²) >= 11 is 1.68. The lowest BCUT2D eigenvalue weighted by molar-refractivity contribution is -0.872. The molecule has 2 aromatic carbocycles. The number of fused-ring (bicyclic) bond motifs is 1. The summed E-state index contributed by atoms with van der Waals surface area (Å²) in [7, 11) is 4.00. The number of phenols is 1. The molecule has 7 heteroatoms. The zero-order chi connectivity index (χ0) is 20.1. The van der Waals surface area contributed by atoms with Crippen LogP contribution in [0.25, 0.3) is 11.0 Å². The Hall–Kier alpha value is -2.15. The van der Waals surface area contributed by atoms with Crippen molar-refractivity contribution in [2.45, 2.75) is 25.0 Å². The van der Waals surface area contributed by atoms with E-state index in [1.165, 1.54) is 5.56 Å². The Bertz CT molecular complexity index is 956. The fourth-order valence-electron chi connectivity index (χ4n) is 3.19. The van der Waals surface area contributed by atoms with E-state index >= 15 is 0 Å². The van der Waals surface area contributed by atoms with Crippen LogP contribution in [-0.4, -0.2) is 31.8 Å². The summed E-state index contributed by atoms with van der Waals surface area (Å²) in [5, 5.41) is 11.1. The molecule has 3 aromatic rings. The summed E-state index contributed by atoms with van der Waals surface area (Å²) in [4.78, 5) is 13.9. The fraction of sp³-hybridized carbons (Fsp3) is 0.318. The number of carbonyl (C=O) groups excluding carboxylic acids is 1. The van der Waals surface area contributed by atoms with Crippen LogP contribution < -0.4 is 17.3 Å². The first-order valence-corrected chi connectivity index (χ1v) is 10.5. The smallest absolute Gasteiger partial charge is 0.342 e. The molecule has 5 nitrogen and oxygen atoms in total. The first-order chi connectivity index (χ1) is 13.5. The summed E-state index contributed by atoms with van der Waals surface area (Å²) in [5.41, 5.74) is 2.97. The van der Waals surface area contributed by atoms with Gasteiger partial charge in [0.25, 0.3) is 0 Å². The van der Waals surface area contributed by atoms with Crippen molar-refractivity contribution >= 4 is 28.7 Å². The Morgan fingerprint density at radius 3 is 2.52 bits per heavy atom. The number of halogens is 1. The Labute approximate surface area is 181 Å². The Morgan fingerprint density at radius 1 is 1.14 bits per heavy atom. The maximum absolute atomic E-state index is 12.7. The second-order valence-electron chi connectivity index (χ2n) is 6.92. The van der Waals surface area contributed by atoms with Crippen molar-refractivity contribution in [1.82, 2.24) is 0 Å². The van der Waals surface area contributed by atoms with Gasteiger partial charge in [-0.25, -0.2) is 4.79 Å². The van der Waals surface area contributed by atoms with E-state index in [2.05, 4.69) is 12.1 Å². The molecule has 0 fully saturated rings. The molecule has 29 heavy (non-hydrogen) atoms. The number of benzene rings is 2. The molecule has 0 saturated carbocycles. The highest BCUT2D eigenvalue weighted by Crippen LogP contribution is 2.36. The second kappa shape index (κ2) is 10.6. The van der Waals surface area contributed by atoms with Gasteiger partial charge in [-0.05, 0) is 24.6 Å². The number of furan rings is 1. The van der Waals surface area contributed by atoms with Crippen LogP contribution in [0.5, 0.6) is 5.75 Å². The van der Waals surface area contributed by atoms with Gasteiger partial charge >= 0.3 is 5.97 Å². The molecule has 1 aromatic heterocycles. The van der Waals surface area contributed by atoms with E-state index in [0.717, 1.165) is 10.7 Å². The van der Waals surface area contributed by atoms with E-state index in [1.807, 2.05) is 32.3 Å². The summed E-state index contributed by atoms with van der Waals surface area (Å²) in [6.45, 7) is 2.65. The third-order valence-corrected chi connectivity index (χ3v) is 5.37. The van der Waals surface area contributed by atoms with Crippen LogP contribution in [0.4, 0.5) is 0 Å². The molecule has 0 aliphatic carbocycles. The quantitative estimate of drug-likeness (QED) is 0.501. The Kier molecular flexibility index (Phi) is 8.44. The Balaban J connectivity index is 0.00000300. The van der Waals surface area contributed by atoms with E-state index in [-0.39, 0.29) is 24.8 Å². The third-order valence-electron chi connectivity index (χ3n) is 4.37. The molecule has 0 spiro atoms. The van der Waals surface area contributed by atoms with E-state index in [0.29, 0.717) is 40.2 Å². The monoisotopic (exact) mass is 435 g/mol. The van der Waals surface area contributed by atoms with Gasteiger partial charge in [-0.2, -0.15) is 0 Å². The number of hydrogen-bond donors (Lipinski definition) is 2. The molecule has 1 heterocycles. The number of carbonyl (C=O) groups is 1. The van der Waals surface area contributed by atoms with Gasteiger partial charge < -0.3 is 31.6 Å². The van der Waals surface area contributed by atoms with Crippen molar-refractivity contribution in [3.63, 3.8) is 0 Å². The molecule has 0 aliphatic rings. The lowest BCUT2D eigenvalue weighted by Crippen LogP contribution is -3.04. The number of quaternary nitrogens is 1. The van der Waals surface area contributed by atoms with Crippen LogP contribution >= 0.6 is 11.8 Å². The number of hydrogen-bond acceptors (Lipinski definition) is 5. The predicted molar refractivity (Wildman–Crippen MR) is 112 cm³/mol. The molecule has 0 unspecified atom stereocenters. The van der Waals surface area contributed by atoms with Gasteiger partial charge in [0.1, 0.15) is 29.2 Å². The average Bonchev–Trinajstić information content (AvgIpc) is 3.04. The molecule has 0 atom stereocenters. The van der Waals surface area contributed by atoms with Crippen molar-refractivity contribution < 1.29 is 36.4 Å². The van der Waals surface area contributed by atoms with E-state index < -0.39 is 5.97 Å². The van der Waals surface area contributed by atoms with Crippen molar-refractivity contribution in [2.75, 3.05) is 20.7 Å². The van der Waals surface area contributed by atoms with Gasteiger partial charge in [0, 0.05) is 11.1 Å². The standard InChI is InChI=1S/C22H25NO4S.ClH/c1-4-26-22(25)21-19(14-28-13-15-8-6-5-7-9-15)27-18-11-10-17(24)16(20(18)21)12-23(2)3;/h5-11,24H,4,12-14H2,1-3H3;1H. The van der Waals surface area contributed by atoms with Crippen molar-refractivity contribution in [2.24, 2.45) is 0 Å². The molecule has 0 amide bonds. The minimum atomic E-state index is -0.405. The summed E-state index contributed by atoms with van der Waals surface area (Å²) < 4.78 is 11.3. The minimum absolute atomic E-state index is 0. The molecular weight excluding hydrogens is 410 g/mol. The molecule has 3 rings (SSSR count). The lowest BCUT2D eigenvalue weighted by Gasteiger charge is -2.11. The normalized spacial score (nSPS) is 10.9. The maximum atomic E-state index is 12.7. The molecule has 2 N–H and O–H groups in total. The number of esters is 1. The fourth-order valence-corrected chi connectivity index (χ4v) is 4.11. The highest BCUT2D eigenvalue weighted by atomic mass is 35.5. The summed E-state index contributed by atoms with van der Waals surface area (Å²) in [5.74, 6) is 1.73. The minimum Gasteiger partial charge on any atom is -1.00 e. The second-order valence-corrected chi connectivity index (χ2v) is 7.90. The van der Waals surface area contributed by atoms with Gasteiger partial charge in [-0.15, -0.1) is 11.8 Å². The number of thioether (sulfide) groups is 1. The van der Waals surface area contributed by atoms with Gasteiger partial charge in [-0.3, -0.25) is 0 Å². The lowest BCUT2D eigenvalue weighted by atomic mass is 10.0. The van der Waals surface area contributed by atoms with Crippen molar-refractivity contribution in [3.05, 3.63) is 64.9 Å². The molecular formula is C22H26ClNO4S. The van der Waals surface area contributed by atoms with E-state index in [1.54, 1.807) is 30.8 Å². The first-order valence-electron chi connectivity index (χ1n) is 9.35. The average molecular weight is 436 g/mol. The number of rotatable bonds is 8. The van der Waals surface area contributed by atoms with Crippen molar-refractivity contribution in [3.8, 4) is 5.75 Å². The highest BCUT2D eigenvalue weighted by Gasteiger charge is 2.26. The summed E-state index contributed by atoms with van der Waals surface area (Å²) in [6.07, 6.45) is 0. The van der Waals surface area contributed by atoms with Crippen LogP contribution in [0.1, 0.15) is 34.2 Å². The molecule has 156 valence electrons. The van der Waals surface area contributed by atoms with E-state index in [9.17, 15) is 9.90 Å². The summed E-state index contributed by atoms with van der Waals surface area (Å²) in [6, 6.07) is 13.5. The number of aromatic hydroxyl groups is 1. The van der Waals surface area contributed by atoms with Crippen LogP contribution in [0.3, 0.4) is 0 Å². The van der Waals surface area contributed by atoms with Crippen LogP contribution in [-0.2, 0) is 22.8 Å². The zero-order valence-electron chi connectivity index (χ0n) is 16.8. The number of ether oxygens (including phenoxy) is 1. The van der Waals surface area contributed by atoms with Gasteiger partial charge in [0.05, 0.1) is 32.0 Å². The van der Waals surface area contributed by atoms with Crippen LogP contribution in [0.15, 0.2) is 46.9 Å². The third kappa shape index (κ3) is 5.47. The molecule has 0 radical (unpaired) electrons. The molecule has 0 saturated heterocycles. The largest absolute Gasteiger partial charge is 1.00 e. The number of phenolic OH excluding ortho intramolecular Hbond substituents is 1. The Morgan fingerprint density at radius 2 is 1.86 bits per heavy atom. The van der Waals surface area contributed by atoms with Crippen molar-refractivity contribution in [1.29, 1.82) is 0 Å². The predicted octanol–water partition coefficient (Wildman–Crippen LogP) is 0.397. The van der Waals surface area contributed by atoms with Gasteiger partial charge in [-0.1, -0.05) is 30.3 Å². The molecule has 0 aliphatic heterocycles. The first kappa shape index (κ1) is 23.1. The number of nitrogens with one attached hydrogen (secondary N) is 1. The maximum Gasteiger partial charge on any atom is 0.342 e. The van der Waals surface area contributed by atoms with E-state index in [4.69, 9.17) is 9.15 Å². The highest BCUT2D eigenvalue weighted by molar-refractivity contribution is 7.97. The van der Waals surface area contributed by atoms with Crippen LogP contribution in [0.2, 0.25) is 0 Å². The van der Waals surface area contributed by atoms with Gasteiger partial charge in [0.15, 0.2) is 0 Å². The van der Waals surface area contributed by atoms with Crippen LogP contribution in [0, 0.1) is 0 Å². The van der Waals surface area contributed by atoms with Gasteiger partial charge in [0.2, 0.25) is 0 Å². The SMILES string of the molecule is CCOC(=O)c1c(CSCc2ccccc2)oc2ccc(O)c(C[NH+](C)C)c12.[Cl-]. The molecule has 0 bridgehead atoms. The topological polar surface area (TPSA) is 64.1 Å².